The zero-order valence-corrected chi connectivity index (χ0v) is 16.6. The van der Waals surface area contributed by atoms with Crippen molar-refractivity contribution in [1.29, 1.82) is 0 Å². The Balaban J connectivity index is 2.52. The fraction of sp³-hybridized carbons (Fsp3) is 0.722. The van der Waals surface area contributed by atoms with Gasteiger partial charge in [-0.2, -0.15) is 0 Å². The number of carboxylic acid groups (broad SMARTS) is 2. The molecule has 0 saturated carbocycles. The molecule has 0 bridgehead atoms. The van der Waals surface area contributed by atoms with Crippen molar-refractivity contribution in [2.24, 2.45) is 0 Å². The van der Waals surface area contributed by atoms with Crippen molar-refractivity contribution >= 4 is 29.7 Å². The Hall–Kier alpha value is -1.96. The number of amides is 3. The highest BCUT2D eigenvalue weighted by Crippen LogP contribution is 2.41. The van der Waals surface area contributed by atoms with E-state index in [2.05, 4.69) is 6.58 Å². The first-order valence-electron chi connectivity index (χ1n) is 9.28. The molecule has 0 spiro atoms. The molecule has 2 saturated heterocycles. The molecule has 3 amide bonds. The van der Waals surface area contributed by atoms with Crippen LogP contribution in [0.25, 0.3) is 0 Å². The molecule has 152 valence electrons. The lowest BCUT2D eigenvalue weighted by Gasteiger charge is -2.45. The van der Waals surface area contributed by atoms with Gasteiger partial charge in [-0.05, 0) is 18.4 Å². The maximum absolute atomic E-state index is 13.3. The van der Waals surface area contributed by atoms with Crippen LogP contribution in [0.2, 0.25) is 0 Å². The highest BCUT2D eigenvalue weighted by Gasteiger charge is 2.64. The Morgan fingerprint density at radius 2 is 1.96 bits per heavy atom. The van der Waals surface area contributed by atoms with Gasteiger partial charge in [-0.15, -0.1) is 11.6 Å². The van der Waals surface area contributed by atoms with E-state index in [0.717, 1.165) is 12.8 Å². The summed E-state index contributed by atoms with van der Waals surface area (Å²) >= 11 is 5.82. The predicted octanol–water partition coefficient (Wildman–Crippen LogP) is 2.67. The number of rotatable bonds is 8. The minimum Gasteiger partial charge on any atom is -0.479 e. The summed E-state index contributed by atoms with van der Waals surface area (Å²) in [5, 5.41) is 19.6. The van der Waals surface area contributed by atoms with Crippen LogP contribution < -0.4 is 0 Å². The monoisotopic (exact) mass is 401 g/mol. The molecule has 0 aromatic rings. The van der Waals surface area contributed by atoms with Gasteiger partial charge in [-0.1, -0.05) is 33.3 Å². The van der Waals surface area contributed by atoms with Crippen LogP contribution in [0.5, 0.6) is 0 Å². The number of fused-ring (bicyclic) bond motifs is 1. The number of aliphatic carboxylic acids is 1. The molecule has 2 aliphatic heterocycles. The minimum atomic E-state index is -1.51. The maximum atomic E-state index is 13.3. The van der Waals surface area contributed by atoms with E-state index in [9.17, 15) is 24.6 Å². The molecule has 0 aromatic heterocycles. The van der Waals surface area contributed by atoms with E-state index in [-0.39, 0.29) is 44.0 Å². The second-order valence-corrected chi connectivity index (χ2v) is 7.51. The van der Waals surface area contributed by atoms with Crippen LogP contribution in [0, 0.1) is 0 Å². The highest BCUT2D eigenvalue weighted by molar-refractivity contribution is 6.19. The Morgan fingerprint density at radius 3 is 2.44 bits per heavy atom. The zero-order valence-electron chi connectivity index (χ0n) is 15.9. The molecule has 9 heteroatoms. The number of piperazine rings is 1. The first-order valence-corrected chi connectivity index (χ1v) is 9.81. The van der Waals surface area contributed by atoms with Gasteiger partial charge in [0.2, 0.25) is 0 Å². The van der Waals surface area contributed by atoms with E-state index in [4.69, 9.17) is 11.6 Å². The highest BCUT2D eigenvalue weighted by atomic mass is 35.5. The fourth-order valence-electron chi connectivity index (χ4n) is 4.27. The van der Waals surface area contributed by atoms with Crippen LogP contribution in [-0.2, 0) is 4.79 Å². The number of halogens is 1. The number of carbonyl (C=O) groups excluding carboxylic acids is 1. The summed E-state index contributed by atoms with van der Waals surface area (Å²) in [7, 11) is 0. The molecular weight excluding hydrogens is 374 g/mol. The third kappa shape index (κ3) is 3.59. The summed E-state index contributed by atoms with van der Waals surface area (Å²) in [5.74, 6) is -1.01. The fourth-order valence-corrected chi connectivity index (χ4v) is 4.35. The quantitative estimate of drug-likeness (QED) is 0.481. The molecule has 2 aliphatic rings. The van der Waals surface area contributed by atoms with Gasteiger partial charge in [0.15, 0.2) is 5.54 Å². The molecule has 2 rings (SSSR count). The van der Waals surface area contributed by atoms with Gasteiger partial charge in [0.05, 0.1) is 12.1 Å². The van der Waals surface area contributed by atoms with Crippen LogP contribution >= 0.6 is 11.6 Å². The Morgan fingerprint density at radius 1 is 1.30 bits per heavy atom. The lowest BCUT2D eigenvalue weighted by atomic mass is 9.84. The maximum Gasteiger partial charge on any atom is 0.407 e. The molecule has 27 heavy (non-hydrogen) atoms. The zero-order chi connectivity index (χ0) is 20.4. The standard InChI is InChI=1S/C18H28ClN3O5/c1-4-6-7-13-10-20(17(26)27)11-14-18(5-2,15(23)24)21(9-12(3)8-19)16(25)22(13)14/h13-14H,3-11H2,1-2H3,(H,23,24)(H,26,27). The number of unbranched alkanes of at least 4 members (excludes halogenated alkanes) is 1. The third-order valence-corrected chi connectivity index (χ3v) is 6.06. The second kappa shape index (κ2) is 8.37. The van der Waals surface area contributed by atoms with Gasteiger partial charge < -0.3 is 24.9 Å². The largest absolute Gasteiger partial charge is 0.479 e. The Bertz CT molecular complexity index is 628. The van der Waals surface area contributed by atoms with Crippen molar-refractivity contribution in [1.82, 2.24) is 14.7 Å². The van der Waals surface area contributed by atoms with E-state index >= 15 is 0 Å². The molecule has 0 aromatic carbocycles. The molecule has 2 fully saturated rings. The smallest absolute Gasteiger partial charge is 0.407 e. The summed E-state index contributed by atoms with van der Waals surface area (Å²) in [5.41, 5.74) is -0.964. The van der Waals surface area contributed by atoms with E-state index in [1.807, 2.05) is 6.92 Å². The van der Waals surface area contributed by atoms with Crippen molar-refractivity contribution < 1.29 is 24.6 Å². The number of carbonyl (C=O) groups is 3. The van der Waals surface area contributed by atoms with Gasteiger partial charge >= 0.3 is 18.1 Å². The van der Waals surface area contributed by atoms with Crippen LogP contribution in [-0.4, -0.2) is 86.1 Å². The number of urea groups is 1. The van der Waals surface area contributed by atoms with Crippen molar-refractivity contribution in [3.05, 3.63) is 12.2 Å². The van der Waals surface area contributed by atoms with E-state index in [1.54, 1.807) is 11.8 Å². The SMILES string of the molecule is C=C(CCl)CN1C(=O)N2C(CCCC)CN(C(=O)O)CC2C1(CC)C(=O)O. The summed E-state index contributed by atoms with van der Waals surface area (Å²) in [6.07, 6.45) is 1.43. The van der Waals surface area contributed by atoms with Gasteiger partial charge in [-0.25, -0.2) is 14.4 Å². The van der Waals surface area contributed by atoms with Crippen LogP contribution in [0.1, 0.15) is 39.5 Å². The number of nitrogens with zero attached hydrogens (tertiary/aromatic N) is 3. The van der Waals surface area contributed by atoms with Crippen molar-refractivity contribution in [2.75, 3.05) is 25.5 Å². The summed E-state index contributed by atoms with van der Waals surface area (Å²) in [6.45, 7) is 7.77. The number of alkyl halides is 1. The van der Waals surface area contributed by atoms with E-state index in [0.29, 0.717) is 12.0 Å². The van der Waals surface area contributed by atoms with Crippen molar-refractivity contribution in [2.45, 2.75) is 57.2 Å². The number of hydrogen-bond acceptors (Lipinski definition) is 3. The normalized spacial score (nSPS) is 27.7. The average Bonchev–Trinajstić information content (AvgIpc) is 2.88. The first kappa shape index (κ1) is 21.3. The second-order valence-electron chi connectivity index (χ2n) is 7.24. The number of carboxylic acids is 1. The van der Waals surface area contributed by atoms with Gasteiger partial charge in [-0.3, -0.25) is 0 Å². The lowest BCUT2D eigenvalue weighted by molar-refractivity contribution is -0.151. The summed E-state index contributed by atoms with van der Waals surface area (Å²) in [6, 6.07) is -1.46. The number of hydrogen-bond donors (Lipinski definition) is 2. The average molecular weight is 402 g/mol. The van der Waals surface area contributed by atoms with Crippen LogP contribution in [0.15, 0.2) is 12.2 Å². The molecule has 2 heterocycles. The van der Waals surface area contributed by atoms with Crippen LogP contribution in [0.3, 0.4) is 0 Å². The topological polar surface area (TPSA) is 101 Å². The molecule has 3 unspecified atom stereocenters. The summed E-state index contributed by atoms with van der Waals surface area (Å²) in [4.78, 5) is 41.5. The minimum absolute atomic E-state index is 0.0201. The molecule has 8 nitrogen and oxygen atoms in total. The first-order chi connectivity index (χ1) is 12.7. The molecule has 3 atom stereocenters. The predicted molar refractivity (Wildman–Crippen MR) is 101 cm³/mol. The van der Waals surface area contributed by atoms with Crippen molar-refractivity contribution in [3.8, 4) is 0 Å². The Kier molecular flexibility index (Phi) is 6.62. The van der Waals surface area contributed by atoms with E-state index < -0.39 is 23.6 Å². The lowest BCUT2D eigenvalue weighted by Crippen LogP contribution is -2.65. The molecule has 0 radical (unpaired) electrons. The van der Waals surface area contributed by atoms with Gasteiger partial charge in [0, 0.05) is 25.5 Å². The molecule has 2 N–H and O–H groups in total. The molecule has 0 aliphatic carbocycles. The summed E-state index contributed by atoms with van der Waals surface area (Å²) < 4.78 is 0. The van der Waals surface area contributed by atoms with Crippen LogP contribution in [0.4, 0.5) is 9.59 Å². The van der Waals surface area contributed by atoms with E-state index in [1.165, 1.54) is 9.80 Å². The third-order valence-electron chi connectivity index (χ3n) is 5.68. The van der Waals surface area contributed by atoms with Gasteiger partial charge in [0.25, 0.3) is 0 Å². The molecular formula is C18H28ClN3O5. The van der Waals surface area contributed by atoms with Gasteiger partial charge in [0.1, 0.15) is 0 Å². The Labute approximate surface area is 164 Å². The van der Waals surface area contributed by atoms with Crippen molar-refractivity contribution in [3.63, 3.8) is 0 Å².